The summed E-state index contributed by atoms with van der Waals surface area (Å²) in [5, 5.41) is 13.8. The third-order valence-electron chi connectivity index (χ3n) is 11.8. The Morgan fingerprint density at radius 1 is 0.493 bits per heavy atom. The molecule has 9 heteroatoms. The van der Waals surface area contributed by atoms with Crippen molar-refractivity contribution in [3.05, 3.63) is 146 Å². The van der Waals surface area contributed by atoms with Gasteiger partial charge in [0, 0.05) is 6.42 Å². The zero-order valence-corrected chi connectivity index (χ0v) is 47.9. The molecule has 414 valence electrons. The molecule has 0 radical (unpaired) electrons. The van der Waals surface area contributed by atoms with Gasteiger partial charge >= 0.3 is 0 Å². The number of likely N-dealkylation sites (N-methyl/N-ethyl adjacent to an activating group) is 1. The molecule has 0 aromatic carbocycles. The van der Waals surface area contributed by atoms with E-state index in [2.05, 4.69) is 153 Å². The van der Waals surface area contributed by atoms with Crippen LogP contribution in [0, 0.1) is 0 Å². The molecule has 0 aliphatic rings. The summed E-state index contributed by atoms with van der Waals surface area (Å²) < 4.78 is 23.3. The molecular weight excluding hydrogens is 924 g/mol. The minimum Gasteiger partial charge on any atom is -0.756 e. The van der Waals surface area contributed by atoms with E-state index in [0.717, 1.165) is 122 Å². The van der Waals surface area contributed by atoms with Crippen LogP contribution in [0.25, 0.3) is 0 Å². The highest BCUT2D eigenvalue weighted by molar-refractivity contribution is 7.45. The number of hydrogen-bond donors (Lipinski definition) is 2. The highest BCUT2D eigenvalue weighted by Gasteiger charge is 2.23. The molecule has 0 bridgehead atoms. The Morgan fingerprint density at radius 2 is 0.849 bits per heavy atom. The van der Waals surface area contributed by atoms with Gasteiger partial charge < -0.3 is 28.8 Å². The van der Waals surface area contributed by atoms with Crippen molar-refractivity contribution < 1.29 is 32.9 Å². The number of carbonyl (C=O) groups excluding carboxylic acids is 1. The van der Waals surface area contributed by atoms with Crippen LogP contribution in [0.2, 0.25) is 0 Å². The van der Waals surface area contributed by atoms with Crippen LogP contribution in [0.5, 0.6) is 0 Å². The largest absolute Gasteiger partial charge is 0.756 e. The van der Waals surface area contributed by atoms with Gasteiger partial charge in [0.1, 0.15) is 13.2 Å². The lowest BCUT2D eigenvalue weighted by Gasteiger charge is -2.29. The Morgan fingerprint density at radius 3 is 1.27 bits per heavy atom. The van der Waals surface area contributed by atoms with Gasteiger partial charge in [0.2, 0.25) is 5.91 Å². The summed E-state index contributed by atoms with van der Waals surface area (Å²) in [5.41, 5.74) is 0. The zero-order valence-electron chi connectivity index (χ0n) is 47.0. The number of carbonyl (C=O) groups is 1. The van der Waals surface area contributed by atoms with E-state index in [4.69, 9.17) is 9.05 Å². The van der Waals surface area contributed by atoms with E-state index in [-0.39, 0.29) is 12.5 Å². The predicted octanol–water partition coefficient (Wildman–Crippen LogP) is 17.1. The van der Waals surface area contributed by atoms with Crippen LogP contribution in [0.4, 0.5) is 0 Å². The van der Waals surface area contributed by atoms with Gasteiger partial charge in [0.25, 0.3) is 7.82 Å². The molecular formula is C64H107N2O6P. The lowest BCUT2D eigenvalue weighted by Crippen LogP contribution is -2.45. The fourth-order valence-corrected chi connectivity index (χ4v) is 8.02. The molecule has 3 atom stereocenters. The molecule has 0 heterocycles. The van der Waals surface area contributed by atoms with Crippen molar-refractivity contribution >= 4 is 13.7 Å². The second-order valence-electron chi connectivity index (χ2n) is 19.9. The van der Waals surface area contributed by atoms with Crippen molar-refractivity contribution in [1.29, 1.82) is 0 Å². The number of phosphoric ester groups is 1. The van der Waals surface area contributed by atoms with Crippen molar-refractivity contribution in [2.75, 3.05) is 40.9 Å². The van der Waals surface area contributed by atoms with Crippen LogP contribution in [-0.4, -0.2) is 68.5 Å². The van der Waals surface area contributed by atoms with Crippen LogP contribution in [0.15, 0.2) is 146 Å². The summed E-state index contributed by atoms with van der Waals surface area (Å²) in [6, 6.07) is -0.923. The van der Waals surface area contributed by atoms with Gasteiger partial charge in [-0.05, 0) is 116 Å². The molecule has 0 aliphatic heterocycles. The first-order chi connectivity index (χ1) is 35.5. The molecule has 0 saturated heterocycles. The number of amides is 1. The summed E-state index contributed by atoms with van der Waals surface area (Å²) in [6.07, 6.45) is 82.1. The number of quaternary nitrogens is 1. The second kappa shape index (κ2) is 53.2. The topological polar surface area (TPSA) is 108 Å². The fraction of sp³-hybridized carbons (Fsp3) is 0.609. The second-order valence-corrected chi connectivity index (χ2v) is 21.3. The molecule has 0 fully saturated rings. The number of unbranched alkanes of at least 4 members (excludes halogenated alkanes) is 15. The van der Waals surface area contributed by atoms with Gasteiger partial charge in [-0.1, -0.05) is 224 Å². The number of hydrogen-bond acceptors (Lipinski definition) is 6. The standard InChI is InChI=1S/C64H107N2O6P/c1-6-8-10-12-14-16-18-20-22-23-24-25-26-27-28-29-30-31-32-33-34-35-36-37-38-39-40-41-42-43-44-46-48-50-52-54-56-58-64(68)65-62(61-72-73(69,70)71-60-59-66(3,4)5)63(67)57-55-53-51-49-47-45-21-19-17-15-13-11-9-7-2/h8,10,14,16-17,19-20,22,24-25,27-28,30-31,33-34,36-37,39-40,47,49,55,57,62-63,67H,6-7,9,11-13,15,18,21,23,26,29,32,35,38,41-46,48,50-54,56,58-61H2,1-5H3,(H-,65,68,69,70)/b10-8-,16-14-,19-17+,22-20-,25-24-,28-27-,31-30-,34-33-,37-36-,40-39-,49-47+,57-55+. The number of aliphatic hydroxyl groups excluding tert-OH is 1. The molecule has 0 aliphatic carbocycles. The average Bonchev–Trinajstić information content (AvgIpc) is 3.35. The number of aliphatic hydroxyl groups is 1. The summed E-state index contributed by atoms with van der Waals surface area (Å²) >= 11 is 0. The molecule has 0 spiro atoms. The van der Waals surface area contributed by atoms with Gasteiger partial charge in [-0.15, -0.1) is 0 Å². The maximum absolute atomic E-state index is 12.9. The number of nitrogens with one attached hydrogen (secondary N) is 1. The molecule has 2 N–H and O–H groups in total. The third kappa shape index (κ3) is 56.0. The SMILES string of the molecule is CC/C=C\C/C=C\C/C=C\C/C=C\C/C=C\C/C=C\C/C=C\C/C=C\C/C=C\CCCCCCCCCCCC(=O)NC(COP(=O)([O-])OCC[N+](C)(C)C)C(O)/C=C/CC/C=C/CC/C=C/CCCCCC. The Kier molecular flexibility index (Phi) is 50.6. The van der Waals surface area contributed by atoms with Crippen LogP contribution >= 0.6 is 7.82 Å². The summed E-state index contributed by atoms with van der Waals surface area (Å²) in [7, 11) is 1.21. The van der Waals surface area contributed by atoms with Gasteiger partial charge in [-0.25, -0.2) is 0 Å². The van der Waals surface area contributed by atoms with Crippen LogP contribution in [-0.2, 0) is 18.4 Å². The minimum absolute atomic E-state index is 0.0178. The van der Waals surface area contributed by atoms with Crippen LogP contribution < -0.4 is 10.2 Å². The smallest absolute Gasteiger partial charge is 0.268 e. The Bertz CT molecular complexity index is 1690. The number of rotatable bonds is 50. The highest BCUT2D eigenvalue weighted by atomic mass is 31.2. The van der Waals surface area contributed by atoms with E-state index in [9.17, 15) is 19.4 Å². The normalized spacial score (nSPS) is 15.0. The predicted molar refractivity (Wildman–Crippen MR) is 315 cm³/mol. The maximum atomic E-state index is 12.9. The summed E-state index contributed by atoms with van der Waals surface area (Å²) in [6.45, 7) is 4.45. The van der Waals surface area contributed by atoms with Crippen LogP contribution in [0.1, 0.15) is 200 Å². The maximum Gasteiger partial charge on any atom is 0.268 e. The molecule has 0 aromatic heterocycles. The molecule has 73 heavy (non-hydrogen) atoms. The van der Waals surface area contributed by atoms with E-state index >= 15 is 0 Å². The third-order valence-corrected chi connectivity index (χ3v) is 12.7. The van der Waals surface area contributed by atoms with Gasteiger partial charge in [-0.3, -0.25) is 9.36 Å². The Labute approximate surface area is 449 Å². The number of phosphoric acid groups is 1. The first-order valence-electron chi connectivity index (χ1n) is 28.7. The lowest BCUT2D eigenvalue weighted by molar-refractivity contribution is -0.870. The van der Waals surface area contributed by atoms with Crippen molar-refractivity contribution in [2.45, 2.75) is 212 Å². The molecule has 0 rings (SSSR count). The fourth-order valence-electron chi connectivity index (χ4n) is 7.29. The average molecular weight is 1030 g/mol. The van der Waals surface area contributed by atoms with Crippen molar-refractivity contribution in [3.8, 4) is 0 Å². The van der Waals surface area contributed by atoms with E-state index in [1.54, 1.807) is 6.08 Å². The van der Waals surface area contributed by atoms with E-state index in [1.807, 2.05) is 27.2 Å². The van der Waals surface area contributed by atoms with E-state index in [0.29, 0.717) is 17.4 Å². The zero-order chi connectivity index (χ0) is 53.5. The summed E-state index contributed by atoms with van der Waals surface area (Å²) in [4.78, 5) is 25.4. The quantitative estimate of drug-likeness (QED) is 0.0272. The van der Waals surface area contributed by atoms with Crippen LogP contribution in [0.3, 0.4) is 0 Å². The molecule has 3 unspecified atom stereocenters. The first-order valence-corrected chi connectivity index (χ1v) is 30.2. The molecule has 1 amide bonds. The Balaban J connectivity index is 4.19. The molecule has 0 aromatic rings. The van der Waals surface area contributed by atoms with Crippen molar-refractivity contribution in [1.82, 2.24) is 5.32 Å². The highest BCUT2D eigenvalue weighted by Crippen LogP contribution is 2.38. The number of nitrogens with zero attached hydrogens (tertiary/aromatic N) is 1. The van der Waals surface area contributed by atoms with Crippen molar-refractivity contribution in [2.24, 2.45) is 0 Å². The van der Waals surface area contributed by atoms with E-state index < -0.39 is 26.6 Å². The van der Waals surface area contributed by atoms with E-state index in [1.165, 1.54) is 57.8 Å². The van der Waals surface area contributed by atoms with Gasteiger partial charge in [-0.2, -0.15) is 0 Å². The first kappa shape index (κ1) is 69.4. The molecule has 8 nitrogen and oxygen atoms in total. The van der Waals surface area contributed by atoms with Gasteiger partial charge in [0.15, 0.2) is 0 Å². The molecule has 0 saturated carbocycles. The Hall–Kier alpha value is -3.62. The monoisotopic (exact) mass is 1030 g/mol. The van der Waals surface area contributed by atoms with Crippen molar-refractivity contribution in [3.63, 3.8) is 0 Å². The van der Waals surface area contributed by atoms with Gasteiger partial charge in [0.05, 0.1) is 39.9 Å². The summed E-state index contributed by atoms with van der Waals surface area (Å²) in [5.74, 6) is -0.226. The lowest BCUT2D eigenvalue weighted by atomic mass is 10.1. The minimum atomic E-state index is -4.62. The number of allylic oxidation sites excluding steroid dienone is 23.